The van der Waals surface area contributed by atoms with Crippen molar-refractivity contribution in [1.29, 1.82) is 0 Å². The standard InChI is InChI=1S/C20H21N5O2S/c1-27-17-10-8-15(9-11-17)13-25-20(21-22-23-25)28-14-19(26)24-12-4-6-16-5-2-3-7-18(16)24/h2-3,5,7-11H,4,6,12-14H2,1H3. The number of ether oxygens (including phenoxy) is 1. The van der Waals surface area contributed by atoms with Gasteiger partial charge in [-0.1, -0.05) is 42.1 Å². The van der Waals surface area contributed by atoms with Gasteiger partial charge in [-0.2, -0.15) is 0 Å². The van der Waals surface area contributed by atoms with Crippen LogP contribution < -0.4 is 9.64 Å². The van der Waals surface area contributed by atoms with Crippen LogP contribution in [-0.2, 0) is 17.8 Å². The topological polar surface area (TPSA) is 73.1 Å². The third-order valence-corrected chi connectivity index (χ3v) is 5.67. The van der Waals surface area contributed by atoms with Crippen LogP contribution >= 0.6 is 11.8 Å². The number of para-hydroxylation sites is 1. The van der Waals surface area contributed by atoms with Gasteiger partial charge in [0.15, 0.2) is 0 Å². The lowest BCUT2D eigenvalue weighted by Gasteiger charge is -2.29. The highest BCUT2D eigenvalue weighted by Gasteiger charge is 2.22. The molecule has 3 aromatic rings. The first-order valence-corrected chi connectivity index (χ1v) is 10.1. The number of hydrogen-bond acceptors (Lipinski definition) is 6. The van der Waals surface area contributed by atoms with E-state index in [2.05, 4.69) is 21.6 Å². The van der Waals surface area contributed by atoms with Gasteiger partial charge < -0.3 is 9.64 Å². The number of thioether (sulfide) groups is 1. The number of anilines is 1. The molecule has 0 bridgehead atoms. The van der Waals surface area contributed by atoms with Gasteiger partial charge in [-0.25, -0.2) is 4.68 Å². The number of aromatic nitrogens is 4. The lowest BCUT2D eigenvalue weighted by Crippen LogP contribution is -2.36. The Bertz CT molecular complexity index is 957. The second kappa shape index (κ2) is 8.43. The Morgan fingerprint density at radius 1 is 1.18 bits per heavy atom. The van der Waals surface area contributed by atoms with Gasteiger partial charge in [0.2, 0.25) is 11.1 Å². The zero-order valence-corrected chi connectivity index (χ0v) is 16.4. The van der Waals surface area contributed by atoms with E-state index in [1.54, 1.807) is 11.8 Å². The van der Waals surface area contributed by atoms with E-state index in [0.29, 0.717) is 17.5 Å². The average molecular weight is 395 g/mol. The molecule has 0 radical (unpaired) electrons. The number of fused-ring (bicyclic) bond motifs is 1. The molecule has 1 aliphatic rings. The normalized spacial score (nSPS) is 13.2. The van der Waals surface area contributed by atoms with Gasteiger partial charge in [-0.15, -0.1) is 5.10 Å². The van der Waals surface area contributed by atoms with Crippen LogP contribution in [0, 0.1) is 0 Å². The fourth-order valence-corrected chi connectivity index (χ4v) is 4.05. The molecule has 28 heavy (non-hydrogen) atoms. The summed E-state index contributed by atoms with van der Waals surface area (Å²) < 4.78 is 6.89. The molecule has 0 fully saturated rings. The van der Waals surface area contributed by atoms with Crippen molar-refractivity contribution in [3.05, 3.63) is 59.7 Å². The number of tetrazole rings is 1. The zero-order valence-electron chi connectivity index (χ0n) is 15.6. The molecule has 0 saturated carbocycles. The first kappa shape index (κ1) is 18.5. The highest BCUT2D eigenvalue weighted by atomic mass is 32.2. The molecule has 7 nitrogen and oxygen atoms in total. The van der Waals surface area contributed by atoms with Gasteiger partial charge in [0.25, 0.3) is 0 Å². The minimum Gasteiger partial charge on any atom is -0.497 e. The van der Waals surface area contributed by atoms with Crippen LogP contribution in [0.5, 0.6) is 5.75 Å². The summed E-state index contributed by atoms with van der Waals surface area (Å²) in [4.78, 5) is 14.7. The van der Waals surface area contributed by atoms with Crippen LogP contribution in [0.25, 0.3) is 0 Å². The van der Waals surface area contributed by atoms with Crippen molar-refractivity contribution >= 4 is 23.4 Å². The van der Waals surface area contributed by atoms with Gasteiger partial charge in [0.1, 0.15) is 5.75 Å². The monoisotopic (exact) mass is 395 g/mol. The molecule has 0 unspecified atom stereocenters. The number of carbonyl (C=O) groups excluding carboxylic acids is 1. The molecule has 2 aromatic carbocycles. The number of nitrogens with zero attached hydrogens (tertiary/aromatic N) is 5. The highest BCUT2D eigenvalue weighted by molar-refractivity contribution is 7.99. The summed E-state index contributed by atoms with van der Waals surface area (Å²) in [6.07, 6.45) is 2.01. The van der Waals surface area contributed by atoms with Crippen molar-refractivity contribution in [2.45, 2.75) is 24.5 Å². The minimum atomic E-state index is 0.0798. The summed E-state index contributed by atoms with van der Waals surface area (Å²) in [5.41, 5.74) is 3.32. The Morgan fingerprint density at radius 2 is 2.00 bits per heavy atom. The number of benzene rings is 2. The molecular formula is C20H21N5O2S. The molecular weight excluding hydrogens is 374 g/mol. The predicted molar refractivity (Wildman–Crippen MR) is 108 cm³/mol. The zero-order chi connectivity index (χ0) is 19.3. The molecule has 0 spiro atoms. The van der Waals surface area contributed by atoms with Crippen molar-refractivity contribution in [3.63, 3.8) is 0 Å². The van der Waals surface area contributed by atoms with E-state index in [1.165, 1.54) is 17.3 Å². The van der Waals surface area contributed by atoms with Gasteiger partial charge in [0, 0.05) is 12.2 Å². The Kier molecular flexibility index (Phi) is 5.57. The maximum atomic E-state index is 12.8. The van der Waals surface area contributed by atoms with Crippen LogP contribution in [0.15, 0.2) is 53.7 Å². The van der Waals surface area contributed by atoms with Gasteiger partial charge in [-0.3, -0.25) is 4.79 Å². The van der Waals surface area contributed by atoms with Gasteiger partial charge in [0.05, 0.1) is 19.4 Å². The fraction of sp³-hybridized carbons (Fsp3) is 0.300. The first-order valence-electron chi connectivity index (χ1n) is 9.15. The summed E-state index contributed by atoms with van der Waals surface area (Å²) in [7, 11) is 1.64. The largest absolute Gasteiger partial charge is 0.497 e. The maximum Gasteiger partial charge on any atom is 0.237 e. The summed E-state index contributed by atoms with van der Waals surface area (Å²) in [6, 6.07) is 15.9. The Hall–Kier alpha value is -2.87. The second-order valence-electron chi connectivity index (χ2n) is 6.53. The molecule has 1 aliphatic heterocycles. The van der Waals surface area contributed by atoms with Crippen LogP contribution in [0.3, 0.4) is 0 Å². The SMILES string of the molecule is COc1ccc(Cn2nnnc2SCC(=O)N2CCCc3ccccc32)cc1. The number of carbonyl (C=O) groups is 1. The van der Waals surface area contributed by atoms with E-state index in [-0.39, 0.29) is 5.91 Å². The van der Waals surface area contributed by atoms with E-state index < -0.39 is 0 Å². The summed E-state index contributed by atoms with van der Waals surface area (Å²) in [5, 5.41) is 12.5. The Balaban J connectivity index is 1.41. The summed E-state index contributed by atoms with van der Waals surface area (Å²) >= 11 is 1.37. The maximum absolute atomic E-state index is 12.8. The van der Waals surface area contributed by atoms with E-state index in [4.69, 9.17) is 4.74 Å². The van der Waals surface area contributed by atoms with E-state index in [0.717, 1.165) is 36.4 Å². The number of hydrogen-bond donors (Lipinski definition) is 0. The molecule has 8 heteroatoms. The molecule has 144 valence electrons. The molecule has 0 N–H and O–H groups in total. The first-order chi connectivity index (χ1) is 13.7. The molecule has 0 aliphatic carbocycles. The van der Waals surface area contributed by atoms with Crippen molar-refractivity contribution in [2.75, 3.05) is 24.3 Å². The van der Waals surface area contributed by atoms with Crippen molar-refractivity contribution in [3.8, 4) is 5.75 Å². The smallest absolute Gasteiger partial charge is 0.237 e. The van der Waals surface area contributed by atoms with Crippen molar-refractivity contribution < 1.29 is 9.53 Å². The fourth-order valence-electron chi connectivity index (χ4n) is 3.30. The quantitative estimate of drug-likeness (QED) is 0.598. The third kappa shape index (κ3) is 4.01. The second-order valence-corrected chi connectivity index (χ2v) is 7.48. The summed E-state index contributed by atoms with van der Waals surface area (Å²) in [5.74, 6) is 1.19. The molecule has 0 saturated heterocycles. The van der Waals surface area contributed by atoms with Crippen LogP contribution in [0.2, 0.25) is 0 Å². The number of methoxy groups -OCH3 is 1. The minimum absolute atomic E-state index is 0.0798. The molecule has 0 atom stereocenters. The number of amides is 1. The Labute approximate surface area is 167 Å². The van der Waals surface area contributed by atoms with Crippen molar-refractivity contribution in [2.24, 2.45) is 0 Å². The number of aryl methyl sites for hydroxylation is 1. The predicted octanol–water partition coefficient (Wildman–Crippen LogP) is 2.80. The third-order valence-electron chi connectivity index (χ3n) is 4.73. The Morgan fingerprint density at radius 3 is 2.82 bits per heavy atom. The van der Waals surface area contributed by atoms with Crippen LogP contribution in [-0.4, -0.2) is 45.5 Å². The van der Waals surface area contributed by atoms with Gasteiger partial charge >= 0.3 is 0 Å². The van der Waals surface area contributed by atoms with Gasteiger partial charge in [-0.05, 0) is 52.6 Å². The average Bonchev–Trinajstić information content (AvgIpc) is 3.19. The van der Waals surface area contributed by atoms with E-state index in [9.17, 15) is 4.79 Å². The van der Waals surface area contributed by atoms with E-state index in [1.807, 2.05) is 47.4 Å². The highest BCUT2D eigenvalue weighted by Crippen LogP contribution is 2.28. The van der Waals surface area contributed by atoms with E-state index >= 15 is 0 Å². The summed E-state index contributed by atoms with van der Waals surface area (Å²) in [6.45, 7) is 1.30. The number of rotatable bonds is 6. The van der Waals surface area contributed by atoms with Crippen molar-refractivity contribution in [1.82, 2.24) is 20.2 Å². The molecule has 1 amide bonds. The van der Waals surface area contributed by atoms with Crippen LogP contribution in [0.4, 0.5) is 5.69 Å². The van der Waals surface area contributed by atoms with Crippen LogP contribution in [0.1, 0.15) is 17.5 Å². The lowest BCUT2D eigenvalue weighted by molar-refractivity contribution is -0.116. The molecule has 2 heterocycles. The molecule has 4 rings (SSSR count). The lowest BCUT2D eigenvalue weighted by atomic mass is 10.0. The molecule has 1 aromatic heterocycles.